The van der Waals surface area contributed by atoms with E-state index < -0.39 is 0 Å². The summed E-state index contributed by atoms with van der Waals surface area (Å²) in [5.74, 6) is 0. The third kappa shape index (κ3) is 29.2. The second-order valence-electron chi connectivity index (χ2n) is 9.69. The van der Waals surface area contributed by atoms with Crippen molar-refractivity contribution in [3.8, 4) is 6.19 Å². The first-order chi connectivity index (χ1) is 15.4. The first-order valence-corrected chi connectivity index (χ1v) is 14.3. The van der Waals surface area contributed by atoms with Crippen LogP contribution in [0.25, 0.3) is 0 Å². The van der Waals surface area contributed by atoms with Crippen LogP contribution in [0, 0.1) is 11.5 Å². The van der Waals surface area contributed by atoms with Crippen LogP contribution in [-0.4, -0.2) is 6.21 Å². The maximum atomic E-state index is 8.31. The van der Waals surface area contributed by atoms with E-state index in [0.29, 0.717) is 0 Å². The minimum absolute atomic E-state index is 0.965. The normalized spacial score (nSPS) is 11.4. The molecule has 0 N–H and O–H groups in total. The van der Waals surface area contributed by atoms with Gasteiger partial charge in [-0.15, -0.1) is 0 Å². The van der Waals surface area contributed by atoms with Gasteiger partial charge in [0.05, 0.1) is 0 Å². The third-order valence-electron chi connectivity index (χ3n) is 6.59. The fourth-order valence-electron chi connectivity index (χ4n) is 4.48. The van der Waals surface area contributed by atoms with Crippen molar-refractivity contribution < 1.29 is 0 Å². The van der Waals surface area contributed by atoms with Gasteiger partial charge >= 0.3 is 0 Å². The number of nitrogens with zero attached hydrogens (tertiary/aromatic N) is 2. The van der Waals surface area contributed by atoms with E-state index in [9.17, 15) is 0 Å². The van der Waals surface area contributed by atoms with Crippen molar-refractivity contribution in [2.24, 2.45) is 4.99 Å². The maximum absolute atomic E-state index is 8.31. The Kier molecular flexibility index (Phi) is 28.4. The lowest BCUT2D eigenvalue weighted by atomic mass is 10.0. The molecule has 182 valence electrons. The number of aliphatic imine (C=N–C) groups is 1. The Hall–Kier alpha value is -0.840. The van der Waals surface area contributed by atoms with E-state index in [4.69, 9.17) is 5.26 Å². The van der Waals surface area contributed by atoms with Crippen LogP contribution in [0.15, 0.2) is 4.99 Å². The molecule has 2 heteroatoms. The van der Waals surface area contributed by atoms with Crippen molar-refractivity contribution in [2.45, 2.75) is 174 Å². The minimum Gasteiger partial charge on any atom is -0.186 e. The summed E-state index contributed by atoms with van der Waals surface area (Å²) in [6.07, 6.45) is 40.3. The molecule has 0 aromatic heterocycles. The zero-order valence-corrected chi connectivity index (χ0v) is 21.4. The van der Waals surface area contributed by atoms with Crippen LogP contribution in [0.2, 0.25) is 0 Å². The first-order valence-electron chi connectivity index (χ1n) is 14.3. The second kappa shape index (κ2) is 29.2. The van der Waals surface area contributed by atoms with Crippen LogP contribution in [0.4, 0.5) is 0 Å². The van der Waals surface area contributed by atoms with Gasteiger partial charge in [-0.05, 0) is 12.8 Å². The molecule has 0 fully saturated rings. The van der Waals surface area contributed by atoms with Gasteiger partial charge in [-0.25, -0.2) is 0 Å². The SMILES string of the molecule is CCCCCCCCCCCCCCCCCCCCCCCCCCCC=NC#N. The molecule has 0 rings (SSSR count). The molecule has 31 heavy (non-hydrogen) atoms. The largest absolute Gasteiger partial charge is 0.205 e. The average molecular weight is 433 g/mol. The molecule has 0 aliphatic rings. The van der Waals surface area contributed by atoms with Crippen molar-refractivity contribution in [1.29, 1.82) is 5.26 Å². The highest BCUT2D eigenvalue weighted by Crippen LogP contribution is 2.15. The lowest BCUT2D eigenvalue weighted by Crippen LogP contribution is -1.85. The van der Waals surface area contributed by atoms with Gasteiger partial charge in [-0.3, -0.25) is 0 Å². The average Bonchev–Trinajstić information content (AvgIpc) is 2.78. The highest BCUT2D eigenvalue weighted by Gasteiger charge is 1.96. The van der Waals surface area contributed by atoms with Gasteiger partial charge < -0.3 is 0 Å². The van der Waals surface area contributed by atoms with E-state index in [-0.39, 0.29) is 0 Å². The lowest BCUT2D eigenvalue weighted by Gasteiger charge is -2.04. The highest BCUT2D eigenvalue weighted by molar-refractivity contribution is 5.58. The molecule has 2 nitrogen and oxygen atoms in total. The Morgan fingerprint density at radius 3 is 0.968 bits per heavy atom. The van der Waals surface area contributed by atoms with E-state index in [0.717, 1.165) is 6.42 Å². The molecule has 0 aliphatic carbocycles. The van der Waals surface area contributed by atoms with Gasteiger partial charge in [0.1, 0.15) is 0 Å². The van der Waals surface area contributed by atoms with Gasteiger partial charge in [0.2, 0.25) is 6.19 Å². The summed E-state index contributed by atoms with van der Waals surface area (Å²) in [6, 6.07) is 0. The van der Waals surface area contributed by atoms with Gasteiger partial charge in [-0.1, -0.05) is 161 Å². The summed E-state index contributed by atoms with van der Waals surface area (Å²) in [4.78, 5) is 3.58. The van der Waals surface area contributed by atoms with Crippen molar-refractivity contribution in [3.05, 3.63) is 0 Å². The van der Waals surface area contributed by atoms with Crippen molar-refractivity contribution >= 4 is 6.21 Å². The predicted octanol–water partition coefficient (Wildman–Crippen LogP) is 10.7. The number of unbranched alkanes of at least 4 members (excludes halogenated alkanes) is 25. The van der Waals surface area contributed by atoms with Gasteiger partial charge in [0, 0.05) is 6.21 Å². The first kappa shape index (κ1) is 30.2. The molecule has 0 saturated carbocycles. The van der Waals surface area contributed by atoms with Gasteiger partial charge in [0.25, 0.3) is 0 Å². The van der Waals surface area contributed by atoms with Gasteiger partial charge in [0.15, 0.2) is 0 Å². The molecular formula is C29H56N2. The van der Waals surface area contributed by atoms with Gasteiger partial charge in [-0.2, -0.15) is 10.3 Å². The Balaban J connectivity index is 3.01. The summed E-state index contributed by atoms with van der Waals surface area (Å²) >= 11 is 0. The van der Waals surface area contributed by atoms with Crippen LogP contribution in [0.5, 0.6) is 0 Å². The molecule has 0 radical (unpaired) electrons. The Morgan fingerprint density at radius 2 is 0.710 bits per heavy atom. The smallest absolute Gasteiger partial charge is 0.186 e. The molecule has 0 spiro atoms. The predicted molar refractivity (Wildman–Crippen MR) is 140 cm³/mol. The van der Waals surface area contributed by atoms with E-state index in [1.165, 1.54) is 161 Å². The summed E-state index contributed by atoms with van der Waals surface area (Å²) in [5, 5.41) is 8.31. The quantitative estimate of drug-likeness (QED) is 0.0760. The monoisotopic (exact) mass is 432 g/mol. The number of nitriles is 1. The molecule has 0 amide bonds. The van der Waals surface area contributed by atoms with Crippen LogP contribution in [0.3, 0.4) is 0 Å². The van der Waals surface area contributed by atoms with Crippen molar-refractivity contribution in [2.75, 3.05) is 0 Å². The van der Waals surface area contributed by atoms with E-state index in [1.807, 2.05) is 0 Å². The topological polar surface area (TPSA) is 36.1 Å². The standard InChI is InChI=1S/C29H56N2/c1-2-3-4-5-6-7-8-9-10-11-12-13-14-15-16-17-18-19-20-21-22-23-24-25-26-27-28-31-29-30/h28H,2-27H2,1H3. The fourth-order valence-corrected chi connectivity index (χ4v) is 4.48. The Labute approximate surface area is 196 Å². The zero-order chi connectivity index (χ0) is 22.5. The second-order valence-corrected chi connectivity index (χ2v) is 9.69. The number of hydrogen-bond donors (Lipinski definition) is 0. The van der Waals surface area contributed by atoms with Crippen LogP contribution in [-0.2, 0) is 0 Å². The summed E-state index contributed by atoms with van der Waals surface area (Å²) in [7, 11) is 0. The zero-order valence-electron chi connectivity index (χ0n) is 21.4. The molecule has 0 aliphatic heterocycles. The maximum Gasteiger partial charge on any atom is 0.205 e. The fraction of sp³-hybridized carbons (Fsp3) is 0.931. The van der Waals surface area contributed by atoms with Crippen LogP contribution in [0.1, 0.15) is 174 Å². The van der Waals surface area contributed by atoms with E-state index >= 15 is 0 Å². The molecule has 0 aromatic carbocycles. The lowest BCUT2D eigenvalue weighted by molar-refractivity contribution is 0.516. The number of rotatable bonds is 26. The molecular weight excluding hydrogens is 376 g/mol. The van der Waals surface area contributed by atoms with E-state index in [1.54, 1.807) is 12.4 Å². The summed E-state index contributed by atoms with van der Waals surface area (Å²) < 4.78 is 0. The summed E-state index contributed by atoms with van der Waals surface area (Å²) in [5.41, 5.74) is 0. The molecule has 0 saturated heterocycles. The molecule has 0 heterocycles. The summed E-state index contributed by atoms with van der Waals surface area (Å²) in [6.45, 7) is 2.30. The van der Waals surface area contributed by atoms with Crippen LogP contribution >= 0.6 is 0 Å². The Bertz CT molecular complexity index is 383. The van der Waals surface area contributed by atoms with E-state index in [2.05, 4.69) is 11.9 Å². The number of hydrogen-bond acceptors (Lipinski definition) is 2. The molecule has 0 atom stereocenters. The highest BCUT2D eigenvalue weighted by atomic mass is 14.7. The van der Waals surface area contributed by atoms with Crippen molar-refractivity contribution in [3.63, 3.8) is 0 Å². The minimum atomic E-state index is 0.965. The molecule has 0 unspecified atom stereocenters. The Morgan fingerprint density at radius 1 is 0.452 bits per heavy atom. The molecule has 0 aromatic rings. The van der Waals surface area contributed by atoms with Crippen LogP contribution < -0.4 is 0 Å². The molecule has 0 bridgehead atoms. The van der Waals surface area contributed by atoms with Crippen molar-refractivity contribution in [1.82, 2.24) is 0 Å². The third-order valence-corrected chi connectivity index (χ3v) is 6.59.